The Labute approximate surface area is 462 Å². The second kappa shape index (κ2) is 27.0. The van der Waals surface area contributed by atoms with E-state index < -0.39 is 30.7 Å². The van der Waals surface area contributed by atoms with E-state index in [1.54, 1.807) is 31.8 Å². The van der Waals surface area contributed by atoms with Crippen molar-refractivity contribution in [3.05, 3.63) is 94.7 Å². The van der Waals surface area contributed by atoms with Crippen LogP contribution in [0.4, 0.5) is 28.8 Å². The number of β-amino-alcohol motifs (C(OH)–C–C–N with tert-alkyl or cyclic N) is 1. The van der Waals surface area contributed by atoms with Crippen LogP contribution in [0.1, 0.15) is 109 Å². The van der Waals surface area contributed by atoms with Crippen LogP contribution in [0.5, 0.6) is 5.75 Å². The van der Waals surface area contributed by atoms with Crippen LogP contribution in [0.3, 0.4) is 0 Å². The molecule has 0 aliphatic carbocycles. The lowest BCUT2D eigenvalue weighted by Crippen LogP contribution is -2.57. The second-order valence-corrected chi connectivity index (χ2v) is 26.1. The molecule has 4 amide bonds. The average molecular weight is 1110 g/mol. The van der Waals surface area contributed by atoms with Gasteiger partial charge >= 0.3 is 0 Å². The topological polar surface area (TPSA) is 220 Å². The number of methoxy groups -OCH3 is 1. The van der Waals surface area contributed by atoms with Crippen LogP contribution >= 0.6 is 30.1 Å². The van der Waals surface area contributed by atoms with Crippen molar-refractivity contribution in [1.29, 1.82) is 0 Å². The molecule has 0 radical (unpaired) electrons. The zero-order valence-electron chi connectivity index (χ0n) is 45.5. The van der Waals surface area contributed by atoms with Crippen molar-refractivity contribution in [2.75, 3.05) is 55.6 Å². The molecule has 0 bridgehead atoms. The number of amides is 4. The van der Waals surface area contributed by atoms with E-state index >= 15 is 0 Å². The van der Waals surface area contributed by atoms with Gasteiger partial charge in [0.1, 0.15) is 30.0 Å². The van der Waals surface area contributed by atoms with Crippen molar-refractivity contribution >= 4 is 87.8 Å². The number of para-hydroxylation sites is 1. The monoisotopic (exact) mass is 1110 g/mol. The summed E-state index contributed by atoms with van der Waals surface area (Å²) in [5, 5.41) is 27.3. The predicted molar refractivity (Wildman–Crippen MR) is 309 cm³/mol. The van der Waals surface area contributed by atoms with Crippen molar-refractivity contribution in [2.45, 2.75) is 136 Å². The Morgan fingerprint density at radius 3 is 2.21 bits per heavy atom. The molecule has 3 atom stereocenters. The molecular weight excluding hydrogens is 1040 g/mol. The van der Waals surface area contributed by atoms with Crippen LogP contribution in [0, 0.1) is 12.3 Å². The van der Waals surface area contributed by atoms with Crippen LogP contribution in [0.2, 0.25) is 5.02 Å². The van der Waals surface area contributed by atoms with Crippen LogP contribution in [0.15, 0.2) is 78.4 Å². The Hall–Kier alpha value is -6.07. The van der Waals surface area contributed by atoms with Gasteiger partial charge in [0.25, 0.3) is 0 Å². The van der Waals surface area contributed by atoms with E-state index in [0.29, 0.717) is 52.1 Å². The number of rotatable bonds is 24. The Morgan fingerprint density at radius 1 is 0.883 bits per heavy atom. The van der Waals surface area contributed by atoms with E-state index in [9.17, 15) is 28.8 Å². The summed E-state index contributed by atoms with van der Waals surface area (Å²) < 4.78 is 18.7. The number of aliphatic hydroxyl groups is 1. The molecule has 3 aromatic carbocycles. The van der Waals surface area contributed by atoms with Gasteiger partial charge < -0.3 is 50.8 Å². The summed E-state index contributed by atoms with van der Waals surface area (Å²) in [6.07, 6.45) is 9.57. The molecule has 414 valence electrons. The zero-order chi connectivity index (χ0) is 55.3. The molecule has 0 saturated carbocycles. The van der Waals surface area contributed by atoms with Gasteiger partial charge in [-0.15, -0.1) is 11.3 Å². The minimum atomic E-state index is -2.57. The molecule has 2 aliphatic heterocycles. The smallest absolute Gasteiger partial charge is 0.246 e. The molecule has 5 aromatic rings. The maximum absolute atomic E-state index is 14.0. The minimum absolute atomic E-state index is 0.0228. The lowest BCUT2D eigenvalue weighted by molar-refractivity contribution is -0.144. The van der Waals surface area contributed by atoms with E-state index in [1.807, 2.05) is 99.9 Å². The molecule has 2 saturated heterocycles. The van der Waals surface area contributed by atoms with Gasteiger partial charge in [-0.3, -0.25) is 19.2 Å². The third-order valence-electron chi connectivity index (χ3n) is 14.2. The SMILES string of the molecule is COc1cc(N2CCC(NC(=O)CCCCCCCCCC(=O)N[C@H](C(=O)N3C[C@H](O)C[C@H]3C(=O)NCc3ccc(-c4scnc4C)cc3)C(C)(C)C)CC2)ccc1Nc1ncc(Cl)c(Nc2ccccc2P(C)(C)=O)n1. The van der Waals surface area contributed by atoms with Gasteiger partial charge in [-0.1, -0.05) is 101 Å². The number of piperidine rings is 1. The number of carbonyl (C=O) groups excluding carboxylic acids is 4. The molecule has 20 heteroatoms. The number of nitrogens with one attached hydrogen (secondary N) is 5. The van der Waals surface area contributed by atoms with Crippen molar-refractivity contribution in [2.24, 2.45) is 5.41 Å². The molecule has 77 heavy (non-hydrogen) atoms. The first kappa shape index (κ1) is 58.6. The lowest BCUT2D eigenvalue weighted by atomic mass is 9.85. The van der Waals surface area contributed by atoms with Gasteiger partial charge in [-0.2, -0.15) is 4.98 Å². The number of hydrogen-bond donors (Lipinski definition) is 6. The van der Waals surface area contributed by atoms with E-state index in [1.165, 1.54) is 11.1 Å². The Morgan fingerprint density at radius 2 is 1.56 bits per heavy atom. The molecule has 0 unspecified atom stereocenters. The van der Waals surface area contributed by atoms with Crippen LogP contribution in [-0.2, 0) is 30.3 Å². The number of halogens is 1. The molecule has 2 aliphatic rings. The van der Waals surface area contributed by atoms with E-state index in [0.717, 1.165) is 91.8 Å². The number of thiazole rings is 1. The average Bonchev–Trinajstić information content (AvgIpc) is 4.03. The number of nitrogens with zero attached hydrogens (tertiary/aromatic N) is 5. The number of aliphatic hydroxyl groups excluding tert-OH is 1. The van der Waals surface area contributed by atoms with Crippen LogP contribution in [0.25, 0.3) is 10.4 Å². The molecular formula is C57H76ClN10O7PS. The molecule has 4 heterocycles. The fourth-order valence-electron chi connectivity index (χ4n) is 9.84. The van der Waals surface area contributed by atoms with Gasteiger partial charge in [0.2, 0.25) is 29.6 Å². The first-order chi connectivity index (χ1) is 36.8. The minimum Gasteiger partial charge on any atom is -0.494 e. The molecule has 17 nitrogen and oxygen atoms in total. The van der Waals surface area contributed by atoms with E-state index in [2.05, 4.69) is 46.4 Å². The first-order valence-corrected chi connectivity index (χ1v) is 30.6. The quantitative estimate of drug-likeness (QED) is 0.0251. The number of likely N-dealkylation sites (tertiary alicyclic amines) is 1. The highest BCUT2D eigenvalue weighted by Crippen LogP contribution is 2.39. The summed E-state index contributed by atoms with van der Waals surface area (Å²) >= 11 is 8.06. The highest BCUT2D eigenvalue weighted by atomic mass is 35.5. The summed E-state index contributed by atoms with van der Waals surface area (Å²) in [5.41, 5.74) is 6.48. The van der Waals surface area contributed by atoms with Gasteiger partial charge in [-0.25, -0.2) is 9.97 Å². The largest absolute Gasteiger partial charge is 0.494 e. The third-order valence-corrected chi connectivity index (χ3v) is 17.0. The second-order valence-electron chi connectivity index (χ2n) is 21.6. The van der Waals surface area contributed by atoms with Gasteiger partial charge in [0.15, 0.2) is 5.82 Å². The lowest BCUT2D eigenvalue weighted by Gasteiger charge is -2.35. The van der Waals surface area contributed by atoms with Crippen molar-refractivity contribution in [1.82, 2.24) is 35.8 Å². The summed E-state index contributed by atoms with van der Waals surface area (Å²) in [6, 6.07) is 19.7. The normalized spacial score (nSPS) is 16.4. The van der Waals surface area contributed by atoms with Crippen LogP contribution < -0.4 is 41.5 Å². The summed E-state index contributed by atoms with van der Waals surface area (Å²) in [4.78, 5) is 71.8. The fraction of sp³-hybridized carbons (Fsp3) is 0.491. The van der Waals surface area contributed by atoms with Crippen LogP contribution in [-0.4, -0.2) is 113 Å². The third kappa shape index (κ3) is 16.5. The molecule has 2 aromatic heterocycles. The fourth-order valence-corrected chi connectivity index (χ4v) is 11.9. The maximum Gasteiger partial charge on any atom is 0.246 e. The Balaban J connectivity index is 0.759. The maximum atomic E-state index is 14.0. The first-order valence-electron chi connectivity index (χ1n) is 26.8. The van der Waals surface area contributed by atoms with E-state index in [-0.39, 0.29) is 55.6 Å². The van der Waals surface area contributed by atoms with E-state index in [4.69, 9.17) is 16.3 Å². The Bertz CT molecular complexity index is 2870. The number of hydrogen-bond acceptors (Lipinski definition) is 14. The van der Waals surface area contributed by atoms with Crippen molar-refractivity contribution < 1.29 is 33.6 Å². The number of ether oxygens (including phenoxy) is 1. The summed E-state index contributed by atoms with van der Waals surface area (Å²) in [5.74, 6) is 0.468. The number of benzene rings is 3. The molecule has 6 N–H and O–H groups in total. The number of carbonyl (C=O) groups is 4. The predicted octanol–water partition coefficient (Wildman–Crippen LogP) is 9.71. The van der Waals surface area contributed by atoms with Gasteiger partial charge in [0, 0.05) is 68.5 Å². The standard InChI is InChI=1S/C57H76ClN10O7PS/c1-37-51(77-36-61-37)39-23-21-38(22-24-39)33-59-54(72)46-32-42(69)35-68(46)55(73)52(57(2,3)4)65-50(71)20-14-12-10-8-9-11-13-19-49(70)62-40-27-29-67(30-28-40)41-25-26-44(47(31-41)75-5)64-56-60-34-43(58)53(66-56)63-45-17-15-16-18-48(45)76(6,7)74/h15-18,21-26,31,34,36,40,42,46,52,69H,8-14,19-20,27-30,32-33,35H2,1-7H3,(H,59,72)(H,62,70)(H,65,71)(H2,60,63,64,66)/t42-,46+,52-/m1/s1. The molecule has 0 spiro atoms. The van der Waals surface area contributed by atoms with Crippen molar-refractivity contribution in [3.8, 4) is 16.2 Å². The summed E-state index contributed by atoms with van der Waals surface area (Å²) in [6.45, 7) is 12.9. The Kier molecular flexibility index (Phi) is 20.6. The molecule has 2 fully saturated rings. The van der Waals surface area contributed by atoms with Crippen molar-refractivity contribution in [3.63, 3.8) is 0 Å². The number of unbranched alkanes of at least 4 members (excludes halogenated alkanes) is 6. The zero-order valence-corrected chi connectivity index (χ0v) is 48.0. The molecule has 7 rings (SSSR count). The van der Waals surface area contributed by atoms with Gasteiger partial charge in [-0.05, 0) is 86.7 Å². The number of anilines is 5. The summed E-state index contributed by atoms with van der Waals surface area (Å²) in [7, 11) is -0.955. The number of aromatic nitrogens is 3. The highest BCUT2D eigenvalue weighted by Gasteiger charge is 2.44. The highest BCUT2D eigenvalue weighted by molar-refractivity contribution is 7.70. The number of aryl methyl sites for hydroxylation is 1. The van der Waals surface area contributed by atoms with Gasteiger partial charge in [0.05, 0.1) is 46.9 Å².